The van der Waals surface area contributed by atoms with Gasteiger partial charge in [-0.05, 0) is 0 Å². The monoisotopic (exact) mass is 334 g/mol. The van der Waals surface area contributed by atoms with Gasteiger partial charge in [-0.15, -0.1) is 0 Å². The Balaban J connectivity index is 4.12. The molecule has 0 aliphatic carbocycles. The Morgan fingerprint density at radius 3 is 2.06 bits per heavy atom. The van der Waals surface area contributed by atoms with Gasteiger partial charge in [0.15, 0.2) is 0 Å². The van der Waals surface area contributed by atoms with E-state index >= 15 is 0 Å². The second-order valence-corrected chi connectivity index (χ2v) is 11.8. The van der Waals surface area contributed by atoms with Crippen LogP contribution in [0.3, 0.4) is 0 Å². The van der Waals surface area contributed by atoms with Crippen molar-refractivity contribution in [2.24, 2.45) is 0 Å². The summed E-state index contributed by atoms with van der Waals surface area (Å²) >= 11 is -2.00. The molecule has 0 unspecified atom stereocenters. The molecule has 0 bridgehead atoms. The van der Waals surface area contributed by atoms with Crippen molar-refractivity contribution in [1.29, 1.82) is 0 Å². The van der Waals surface area contributed by atoms with Crippen LogP contribution in [0.15, 0.2) is 11.6 Å². The van der Waals surface area contributed by atoms with Crippen molar-refractivity contribution in [1.82, 2.24) is 0 Å². The molecule has 0 radical (unpaired) electrons. The first-order valence-corrected chi connectivity index (χ1v) is 12.5. The Bertz CT molecular complexity index is 216. The fourth-order valence-electron chi connectivity index (χ4n) is 1.49. The van der Waals surface area contributed by atoms with Crippen molar-refractivity contribution >= 4 is 26.1 Å². The Kier molecular flexibility index (Phi) is 10.2. The standard InChI is InChI=1S/C5H8O2.2C4H9.Sn.H/c1-3-4(2)5(6)7;2*1-3-4-2;;/h3H,1-2H3,(H,6,7);2*1,3-4H2,2H3;;/q;;;+1;/p-1. The van der Waals surface area contributed by atoms with Crippen molar-refractivity contribution in [3.63, 3.8) is 0 Å². The van der Waals surface area contributed by atoms with E-state index in [9.17, 15) is 4.79 Å². The molecule has 0 saturated heterocycles. The molecule has 16 heavy (non-hydrogen) atoms. The van der Waals surface area contributed by atoms with E-state index in [-0.39, 0.29) is 5.97 Å². The first-order chi connectivity index (χ1) is 7.65. The van der Waals surface area contributed by atoms with Gasteiger partial charge in [0.25, 0.3) is 0 Å². The maximum atomic E-state index is 11.7. The summed E-state index contributed by atoms with van der Waals surface area (Å²) in [4.78, 5) is 11.7. The predicted octanol–water partition coefficient (Wildman–Crippen LogP) is 3.82. The van der Waals surface area contributed by atoms with E-state index in [1.807, 2.05) is 19.9 Å². The van der Waals surface area contributed by atoms with Crippen molar-refractivity contribution in [2.75, 3.05) is 0 Å². The number of unbranched alkanes of at least 4 members (excludes halogenated alkanes) is 2. The van der Waals surface area contributed by atoms with Gasteiger partial charge in [0.05, 0.1) is 0 Å². The van der Waals surface area contributed by atoms with E-state index in [0.29, 0.717) is 0 Å². The minimum atomic E-state index is -2.00. The Labute approximate surface area is 108 Å². The van der Waals surface area contributed by atoms with Crippen LogP contribution in [0.5, 0.6) is 0 Å². The van der Waals surface area contributed by atoms with Crippen LogP contribution in [0.2, 0.25) is 8.87 Å². The van der Waals surface area contributed by atoms with Crippen molar-refractivity contribution in [2.45, 2.75) is 62.3 Å². The molecule has 0 N–H and O–H groups in total. The molecule has 0 aromatic heterocycles. The summed E-state index contributed by atoms with van der Waals surface area (Å²) in [6, 6.07) is 0. The van der Waals surface area contributed by atoms with E-state index in [1.54, 1.807) is 0 Å². The second kappa shape index (κ2) is 10.2. The van der Waals surface area contributed by atoms with Gasteiger partial charge in [-0.3, -0.25) is 0 Å². The van der Waals surface area contributed by atoms with Gasteiger partial charge < -0.3 is 0 Å². The SMILES string of the molecule is CC=C(C)C(=O)[O][SnH]([CH2]CCC)[CH2]CCC. The molecule has 0 amide bonds. The fourth-order valence-corrected chi connectivity index (χ4v) is 9.31. The first kappa shape index (κ1) is 16.0. The topological polar surface area (TPSA) is 26.3 Å². The number of hydrogen-bond donors (Lipinski definition) is 0. The number of hydrogen-bond acceptors (Lipinski definition) is 2. The predicted molar refractivity (Wildman–Crippen MR) is 72.1 cm³/mol. The molecule has 0 spiro atoms. The van der Waals surface area contributed by atoms with Gasteiger partial charge in [0.1, 0.15) is 0 Å². The van der Waals surface area contributed by atoms with Gasteiger partial charge in [0, 0.05) is 0 Å². The molecule has 0 aromatic rings. The molecular formula is C13H26O2Sn. The maximum absolute atomic E-state index is 11.7. The van der Waals surface area contributed by atoms with E-state index in [1.165, 1.54) is 34.6 Å². The average Bonchev–Trinajstić information content (AvgIpc) is 2.31. The second-order valence-electron chi connectivity index (χ2n) is 4.28. The van der Waals surface area contributed by atoms with Gasteiger partial charge >= 0.3 is 108 Å². The van der Waals surface area contributed by atoms with Crippen LogP contribution in [-0.4, -0.2) is 26.1 Å². The van der Waals surface area contributed by atoms with Gasteiger partial charge in [-0.2, -0.15) is 0 Å². The molecule has 0 heterocycles. The molecule has 94 valence electrons. The van der Waals surface area contributed by atoms with E-state index in [2.05, 4.69) is 13.8 Å². The van der Waals surface area contributed by atoms with Crippen molar-refractivity contribution in [3.8, 4) is 0 Å². The molecule has 0 rings (SSSR count). The minimum absolute atomic E-state index is 0.0597. The van der Waals surface area contributed by atoms with E-state index in [0.717, 1.165) is 5.57 Å². The van der Waals surface area contributed by atoms with E-state index in [4.69, 9.17) is 3.07 Å². The van der Waals surface area contributed by atoms with Crippen LogP contribution in [0.4, 0.5) is 0 Å². The van der Waals surface area contributed by atoms with Crippen LogP contribution in [-0.2, 0) is 7.87 Å². The van der Waals surface area contributed by atoms with Crippen LogP contribution >= 0.6 is 0 Å². The van der Waals surface area contributed by atoms with Gasteiger partial charge in [-0.25, -0.2) is 0 Å². The first-order valence-electron chi connectivity index (χ1n) is 6.49. The number of carbonyl (C=O) groups is 1. The normalized spacial score (nSPS) is 11.9. The molecule has 2 nitrogen and oxygen atoms in total. The molecule has 0 aliphatic rings. The molecule has 0 saturated carbocycles. The Morgan fingerprint density at radius 1 is 1.19 bits per heavy atom. The summed E-state index contributed by atoms with van der Waals surface area (Å²) < 4.78 is 8.13. The summed E-state index contributed by atoms with van der Waals surface area (Å²) in [5.41, 5.74) is 0.759. The van der Waals surface area contributed by atoms with Crippen LogP contribution in [0, 0.1) is 0 Å². The molecule has 0 fully saturated rings. The van der Waals surface area contributed by atoms with Gasteiger partial charge in [-0.1, -0.05) is 0 Å². The fraction of sp³-hybridized carbons (Fsp3) is 0.769. The Morgan fingerprint density at radius 2 is 1.69 bits per heavy atom. The third-order valence-corrected chi connectivity index (χ3v) is 10.4. The number of allylic oxidation sites excluding steroid dienone is 1. The zero-order valence-electron chi connectivity index (χ0n) is 11.2. The summed E-state index contributed by atoms with van der Waals surface area (Å²) in [5, 5.41) is 0. The number of carbonyl (C=O) groups excluding carboxylic acids is 1. The van der Waals surface area contributed by atoms with Crippen molar-refractivity contribution in [3.05, 3.63) is 11.6 Å². The molecule has 3 heteroatoms. The summed E-state index contributed by atoms with van der Waals surface area (Å²) in [6.07, 6.45) is 6.71. The summed E-state index contributed by atoms with van der Waals surface area (Å²) in [5.74, 6) is -0.0597. The molecule has 0 aromatic carbocycles. The third kappa shape index (κ3) is 7.31. The zero-order valence-corrected chi connectivity index (χ0v) is 14.5. The summed E-state index contributed by atoms with van der Waals surface area (Å²) in [6.45, 7) is 8.12. The van der Waals surface area contributed by atoms with Gasteiger partial charge in [0.2, 0.25) is 0 Å². The number of rotatable bonds is 8. The Hall–Kier alpha value is 0.00870. The third-order valence-electron chi connectivity index (χ3n) is 2.79. The molecule has 0 aliphatic heterocycles. The van der Waals surface area contributed by atoms with Crippen LogP contribution in [0.25, 0.3) is 0 Å². The molecule has 0 atom stereocenters. The average molecular weight is 333 g/mol. The molecular weight excluding hydrogens is 307 g/mol. The van der Waals surface area contributed by atoms with Crippen LogP contribution < -0.4 is 0 Å². The summed E-state index contributed by atoms with van der Waals surface area (Å²) in [7, 11) is 0. The quantitative estimate of drug-likeness (QED) is 0.499. The zero-order chi connectivity index (χ0) is 12.4. The van der Waals surface area contributed by atoms with E-state index < -0.39 is 20.2 Å². The van der Waals surface area contributed by atoms with Crippen molar-refractivity contribution < 1.29 is 7.87 Å². The van der Waals surface area contributed by atoms with Crippen LogP contribution in [0.1, 0.15) is 53.4 Å².